The number of hydrogen-bond acceptors (Lipinski definition) is 5. The van der Waals surface area contributed by atoms with Crippen molar-refractivity contribution < 1.29 is 4.79 Å². The van der Waals surface area contributed by atoms with Crippen molar-refractivity contribution in [2.45, 2.75) is 12.5 Å². The smallest absolute Gasteiger partial charge is 0.276 e. The molecule has 1 aliphatic rings. The molecular weight excluding hydrogens is 346 g/mol. The van der Waals surface area contributed by atoms with Crippen LogP contribution >= 0.6 is 11.3 Å². The molecule has 0 unspecified atom stereocenters. The van der Waals surface area contributed by atoms with Gasteiger partial charge in [-0.3, -0.25) is 4.79 Å². The number of nitrogens with two attached hydrogens (primary N) is 1. The number of amides is 1. The average Bonchev–Trinajstić information content (AvgIpc) is 3.43. The quantitative estimate of drug-likeness (QED) is 0.750. The number of benzene rings is 1. The SMILES string of the molecule is NC[C@@H]1CN(C(=O)c2cn(Cc3cccs3)nn2)C[C@H]1c1ccccc1. The summed E-state index contributed by atoms with van der Waals surface area (Å²) in [6.07, 6.45) is 1.73. The first kappa shape index (κ1) is 16.9. The Morgan fingerprint density at radius 3 is 2.77 bits per heavy atom. The molecule has 3 heterocycles. The number of thiophene rings is 1. The van der Waals surface area contributed by atoms with Gasteiger partial charge in [-0.15, -0.1) is 16.4 Å². The number of carbonyl (C=O) groups excluding carboxylic acids is 1. The average molecular weight is 367 g/mol. The molecule has 0 aliphatic carbocycles. The second-order valence-electron chi connectivity index (χ2n) is 6.60. The Balaban J connectivity index is 1.47. The van der Waals surface area contributed by atoms with E-state index in [1.165, 1.54) is 10.4 Å². The second-order valence-corrected chi connectivity index (χ2v) is 7.64. The molecule has 2 aromatic heterocycles. The number of carbonyl (C=O) groups is 1. The Labute approximate surface area is 156 Å². The number of rotatable bonds is 5. The van der Waals surface area contributed by atoms with Crippen molar-refractivity contribution in [3.8, 4) is 0 Å². The van der Waals surface area contributed by atoms with Crippen molar-refractivity contribution in [3.63, 3.8) is 0 Å². The summed E-state index contributed by atoms with van der Waals surface area (Å²) in [4.78, 5) is 15.9. The summed E-state index contributed by atoms with van der Waals surface area (Å²) in [5, 5.41) is 10.2. The maximum absolute atomic E-state index is 12.9. The van der Waals surface area contributed by atoms with Gasteiger partial charge in [0.2, 0.25) is 0 Å². The molecule has 1 saturated heterocycles. The number of hydrogen-bond donors (Lipinski definition) is 1. The molecule has 1 aliphatic heterocycles. The molecule has 1 fully saturated rings. The molecule has 0 bridgehead atoms. The molecule has 2 N–H and O–H groups in total. The molecular formula is C19H21N5OS. The Kier molecular flexibility index (Phi) is 4.81. The lowest BCUT2D eigenvalue weighted by Crippen LogP contribution is -2.30. The summed E-state index contributed by atoms with van der Waals surface area (Å²) in [6.45, 7) is 2.53. The molecule has 1 aromatic carbocycles. The van der Waals surface area contributed by atoms with E-state index in [2.05, 4.69) is 22.4 Å². The summed E-state index contributed by atoms with van der Waals surface area (Å²) in [6, 6.07) is 14.3. The first-order chi connectivity index (χ1) is 12.7. The lowest BCUT2D eigenvalue weighted by atomic mass is 9.89. The first-order valence-electron chi connectivity index (χ1n) is 8.71. The van der Waals surface area contributed by atoms with Gasteiger partial charge >= 0.3 is 0 Å². The van der Waals surface area contributed by atoms with Crippen molar-refractivity contribution in [1.29, 1.82) is 0 Å². The van der Waals surface area contributed by atoms with Gasteiger partial charge in [0.15, 0.2) is 5.69 Å². The number of likely N-dealkylation sites (tertiary alicyclic amines) is 1. The standard InChI is InChI=1S/C19H21N5OS/c20-9-15-10-23(12-17(15)14-5-2-1-3-6-14)19(25)18-13-24(22-21-18)11-16-7-4-8-26-16/h1-8,13,15,17H,9-12,20H2/t15-,17+/m1/s1. The van der Waals surface area contributed by atoms with Crippen LogP contribution in [0, 0.1) is 5.92 Å². The molecule has 4 rings (SSSR count). The maximum atomic E-state index is 12.9. The van der Waals surface area contributed by atoms with Crippen LogP contribution in [-0.2, 0) is 6.54 Å². The largest absolute Gasteiger partial charge is 0.336 e. The fourth-order valence-corrected chi connectivity index (χ4v) is 4.25. The summed E-state index contributed by atoms with van der Waals surface area (Å²) in [5.41, 5.74) is 7.60. The van der Waals surface area contributed by atoms with E-state index < -0.39 is 0 Å². The molecule has 0 radical (unpaired) electrons. The summed E-state index contributed by atoms with van der Waals surface area (Å²) < 4.78 is 1.71. The fourth-order valence-electron chi connectivity index (χ4n) is 3.55. The lowest BCUT2D eigenvalue weighted by Gasteiger charge is -2.16. The molecule has 2 atom stereocenters. The van der Waals surface area contributed by atoms with Gasteiger partial charge in [0.1, 0.15) is 0 Å². The van der Waals surface area contributed by atoms with E-state index >= 15 is 0 Å². The zero-order valence-electron chi connectivity index (χ0n) is 14.4. The van der Waals surface area contributed by atoms with Crippen LogP contribution in [0.4, 0.5) is 0 Å². The van der Waals surface area contributed by atoms with Crippen LogP contribution in [0.25, 0.3) is 0 Å². The zero-order valence-corrected chi connectivity index (χ0v) is 15.2. The minimum absolute atomic E-state index is 0.0701. The molecule has 6 nitrogen and oxygen atoms in total. The predicted molar refractivity (Wildman–Crippen MR) is 101 cm³/mol. The van der Waals surface area contributed by atoms with Gasteiger partial charge in [0.05, 0.1) is 12.7 Å². The van der Waals surface area contributed by atoms with Gasteiger partial charge in [-0.25, -0.2) is 4.68 Å². The highest BCUT2D eigenvalue weighted by atomic mass is 32.1. The van der Waals surface area contributed by atoms with E-state index in [0.29, 0.717) is 31.9 Å². The maximum Gasteiger partial charge on any atom is 0.276 e. The summed E-state index contributed by atoms with van der Waals surface area (Å²) in [7, 11) is 0. The minimum Gasteiger partial charge on any atom is -0.336 e. The van der Waals surface area contributed by atoms with E-state index in [9.17, 15) is 4.79 Å². The van der Waals surface area contributed by atoms with E-state index in [4.69, 9.17) is 5.73 Å². The van der Waals surface area contributed by atoms with Gasteiger partial charge in [-0.2, -0.15) is 0 Å². The van der Waals surface area contributed by atoms with Gasteiger partial charge in [-0.1, -0.05) is 41.6 Å². The van der Waals surface area contributed by atoms with E-state index in [0.717, 1.165) is 0 Å². The van der Waals surface area contributed by atoms with Crippen LogP contribution in [0.15, 0.2) is 54.0 Å². The van der Waals surface area contributed by atoms with Crippen LogP contribution in [0.3, 0.4) is 0 Å². The van der Waals surface area contributed by atoms with Crippen molar-refractivity contribution in [1.82, 2.24) is 19.9 Å². The molecule has 0 spiro atoms. The Hall–Kier alpha value is -2.51. The Morgan fingerprint density at radius 2 is 2.04 bits per heavy atom. The Morgan fingerprint density at radius 1 is 1.19 bits per heavy atom. The zero-order chi connectivity index (χ0) is 17.9. The summed E-state index contributed by atoms with van der Waals surface area (Å²) >= 11 is 1.66. The van der Waals surface area contributed by atoms with E-state index in [1.54, 1.807) is 22.2 Å². The highest BCUT2D eigenvalue weighted by Crippen LogP contribution is 2.32. The molecule has 134 valence electrons. The fraction of sp³-hybridized carbons (Fsp3) is 0.316. The van der Waals surface area contributed by atoms with Gasteiger partial charge < -0.3 is 10.6 Å². The normalized spacial score (nSPS) is 19.8. The first-order valence-corrected chi connectivity index (χ1v) is 9.59. The third kappa shape index (κ3) is 3.40. The summed E-state index contributed by atoms with van der Waals surface area (Å²) in [5.74, 6) is 0.466. The van der Waals surface area contributed by atoms with Crippen LogP contribution in [-0.4, -0.2) is 45.4 Å². The third-order valence-electron chi connectivity index (χ3n) is 4.91. The third-order valence-corrected chi connectivity index (χ3v) is 5.78. The van der Waals surface area contributed by atoms with Gasteiger partial charge in [-0.05, 0) is 29.5 Å². The number of aromatic nitrogens is 3. The van der Waals surface area contributed by atoms with Crippen molar-refractivity contribution in [2.75, 3.05) is 19.6 Å². The molecule has 7 heteroatoms. The van der Waals surface area contributed by atoms with Crippen LogP contribution < -0.4 is 5.73 Å². The topological polar surface area (TPSA) is 77.0 Å². The minimum atomic E-state index is -0.0701. The second kappa shape index (κ2) is 7.39. The van der Waals surface area contributed by atoms with Crippen molar-refractivity contribution in [3.05, 3.63) is 70.2 Å². The highest BCUT2D eigenvalue weighted by Gasteiger charge is 2.36. The predicted octanol–water partition coefficient (Wildman–Crippen LogP) is 2.20. The molecule has 3 aromatic rings. The lowest BCUT2D eigenvalue weighted by molar-refractivity contribution is 0.0780. The molecule has 0 saturated carbocycles. The van der Waals surface area contributed by atoms with Crippen LogP contribution in [0.1, 0.15) is 26.8 Å². The van der Waals surface area contributed by atoms with Crippen LogP contribution in [0.5, 0.6) is 0 Å². The van der Waals surface area contributed by atoms with Crippen molar-refractivity contribution >= 4 is 17.2 Å². The number of nitrogens with zero attached hydrogens (tertiary/aromatic N) is 4. The molecule has 26 heavy (non-hydrogen) atoms. The van der Waals surface area contributed by atoms with Gasteiger partial charge in [0, 0.05) is 23.9 Å². The van der Waals surface area contributed by atoms with Crippen LogP contribution in [0.2, 0.25) is 0 Å². The van der Waals surface area contributed by atoms with E-state index in [-0.39, 0.29) is 17.7 Å². The van der Waals surface area contributed by atoms with Crippen molar-refractivity contribution in [2.24, 2.45) is 11.7 Å². The highest BCUT2D eigenvalue weighted by molar-refractivity contribution is 7.09. The Bertz CT molecular complexity index is 861. The van der Waals surface area contributed by atoms with Gasteiger partial charge in [0.25, 0.3) is 5.91 Å². The molecule has 1 amide bonds. The monoisotopic (exact) mass is 367 g/mol. The van der Waals surface area contributed by atoms with E-state index in [1.807, 2.05) is 40.6 Å².